The number of carbonyl (C=O) groups is 3. The van der Waals surface area contributed by atoms with Crippen LogP contribution in [0.3, 0.4) is 0 Å². The third-order valence-electron chi connectivity index (χ3n) is 3.17. The van der Waals surface area contributed by atoms with Gasteiger partial charge in [0.05, 0.1) is 0 Å². The number of anilines is 1. The standard InChI is InChI=1S/C15H21N3O4/c1-9-8-10(4-5-11(9)13(16)21)17-14(22)18-15(2,3)7-6-12(19)20/h4-5,8H,6-7H2,1-3H3,(H2,16,21)(H,19,20)(H2,17,18,22). The number of hydrogen-bond donors (Lipinski definition) is 4. The Labute approximate surface area is 128 Å². The van der Waals surface area contributed by atoms with Gasteiger partial charge >= 0.3 is 12.0 Å². The summed E-state index contributed by atoms with van der Waals surface area (Å²) in [4.78, 5) is 33.7. The summed E-state index contributed by atoms with van der Waals surface area (Å²) in [6.45, 7) is 5.22. The van der Waals surface area contributed by atoms with Gasteiger partial charge in [0, 0.05) is 23.2 Å². The second-order valence-electron chi connectivity index (χ2n) is 5.75. The molecular formula is C15H21N3O4. The van der Waals surface area contributed by atoms with Gasteiger partial charge in [0.15, 0.2) is 0 Å². The molecule has 0 aromatic heterocycles. The van der Waals surface area contributed by atoms with Crippen molar-refractivity contribution < 1.29 is 19.5 Å². The van der Waals surface area contributed by atoms with Crippen LogP contribution >= 0.6 is 0 Å². The number of aryl methyl sites for hydroxylation is 1. The van der Waals surface area contributed by atoms with E-state index in [0.29, 0.717) is 23.2 Å². The van der Waals surface area contributed by atoms with Crippen molar-refractivity contribution in [3.8, 4) is 0 Å². The zero-order valence-corrected chi connectivity index (χ0v) is 12.9. The Balaban J connectivity index is 2.67. The van der Waals surface area contributed by atoms with Gasteiger partial charge in [-0.3, -0.25) is 9.59 Å². The highest BCUT2D eigenvalue weighted by Crippen LogP contribution is 2.16. The summed E-state index contributed by atoms with van der Waals surface area (Å²) in [7, 11) is 0. The number of urea groups is 1. The second-order valence-corrected chi connectivity index (χ2v) is 5.75. The van der Waals surface area contributed by atoms with E-state index < -0.39 is 23.4 Å². The van der Waals surface area contributed by atoms with E-state index in [-0.39, 0.29) is 6.42 Å². The first-order chi connectivity index (χ1) is 10.1. The molecule has 0 saturated heterocycles. The normalized spacial score (nSPS) is 10.9. The average Bonchev–Trinajstić information content (AvgIpc) is 2.35. The maximum absolute atomic E-state index is 11.9. The molecule has 0 aliphatic heterocycles. The molecule has 0 radical (unpaired) electrons. The molecule has 120 valence electrons. The SMILES string of the molecule is Cc1cc(NC(=O)NC(C)(C)CCC(=O)O)ccc1C(N)=O. The smallest absolute Gasteiger partial charge is 0.319 e. The van der Waals surface area contributed by atoms with Crippen molar-refractivity contribution in [3.05, 3.63) is 29.3 Å². The number of nitrogens with two attached hydrogens (primary N) is 1. The van der Waals surface area contributed by atoms with Crippen molar-refractivity contribution in [1.82, 2.24) is 5.32 Å². The molecule has 0 fully saturated rings. The fourth-order valence-corrected chi connectivity index (χ4v) is 1.97. The van der Waals surface area contributed by atoms with Crippen molar-refractivity contribution in [3.63, 3.8) is 0 Å². The summed E-state index contributed by atoms with van der Waals surface area (Å²) >= 11 is 0. The van der Waals surface area contributed by atoms with Gasteiger partial charge in [-0.15, -0.1) is 0 Å². The van der Waals surface area contributed by atoms with Crippen LogP contribution < -0.4 is 16.4 Å². The predicted octanol–water partition coefficient (Wildman–Crippen LogP) is 1.86. The summed E-state index contributed by atoms with van der Waals surface area (Å²) < 4.78 is 0. The Morgan fingerprint density at radius 1 is 1.27 bits per heavy atom. The number of aliphatic carboxylic acids is 1. The van der Waals surface area contributed by atoms with Crippen molar-refractivity contribution in [2.45, 2.75) is 39.2 Å². The van der Waals surface area contributed by atoms with Crippen LogP contribution in [0.5, 0.6) is 0 Å². The average molecular weight is 307 g/mol. The molecule has 1 aromatic rings. The lowest BCUT2D eigenvalue weighted by Crippen LogP contribution is -2.45. The molecule has 0 aliphatic rings. The van der Waals surface area contributed by atoms with Crippen molar-refractivity contribution in [2.75, 3.05) is 5.32 Å². The lowest BCUT2D eigenvalue weighted by atomic mass is 9.99. The van der Waals surface area contributed by atoms with Crippen molar-refractivity contribution >= 4 is 23.6 Å². The number of benzene rings is 1. The van der Waals surface area contributed by atoms with Crippen LogP contribution in [0.4, 0.5) is 10.5 Å². The molecule has 5 N–H and O–H groups in total. The number of primary amides is 1. The molecule has 1 rings (SSSR count). The third kappa shape index (κ3) is 5.43. The van der Waals surface area contributed by atoms with Crippen LogP contribution in [0.25, 0.3) is 0 Å². The Morgan fingerprint density at radius 2 is 1.91 bits per heavy atom. The maximum atomic E-state index is 11.9. The number of amides is 3. The van der Waals surface area contributed by atoms with Gasteiger partial charge in [-0.05, 0) is 51.0 Å². The van der Waals surface area contributed by atoms with E-state index in [1.54, 1.807) is 39.0 Å². The highest BCUT2D eigenvalue weighted by atomic mass is 16.4. The third-order valence-corrected chi connectivity index (χ3v) is 3.17. The predicted molar refractivity (Wildman–Crippen MR) is 82.8 cm³/mol. The molecule has 0 spiro atoms. The molecule has 7 nitrogen and oxygen atoms in total. The van der Waals surface area contributed by atoms with Gasteiger partial charge in [0.1, 0.15) is 0 Å². The van der Waals surface area contributed by atoms with Crippen molar-refractivity contribution in [1.29, 1.82) is 0 Å². The first kappa shape index (κ1) is 17.5. The first-order valence-electron chi connectivity index (χ1n) is 6.82. The van der Waals surface area contributed by atoms with Crippen LogP contribution in [0.2, 0.25) is 0 Å². The number of hydrogen-bond acceptors (Lipinski definition) is 3. The summed E-state index contributed by atoms with van der Waals surface area (Å²) in [5, 5.41) is 14.0. The number of carbonyl (C=O) groups excluding carboxylic acids is 2. The van der Waals surface area contributed by atoms with E-state index in [2.05, 4.69) is 10.6 Å². The van der Waals surface area contributed by atoms with E-state index in [0.717, 1.165) is 0 Å². The van der Waals surface area contributed by atoms with Gasteiger partial charge < -0.3 is 21.5 Å². The number of rotatable bonds is 6. The zero-order valence-electron chi connectivity index (χ0n) is 12.9. The zero-order chi connectivity index (χ0) is 16.9. The molecule has 0 unspecified atom stereocenters. The highest BCUT2D eigenvalue weighted by Gasteiger charge is 2.21. The minimum Gasteiger partial charge on any atom is -0.481 e. The Bertz CT molecular complexity index is 596. The lowest BCUT2D eigenvalue weighted by molar-refractivity contribution is -0.137. The second kappa shape index (κ2) is 6.93. The lowest BCUT2D eigenvalue weighted by Gasteiger charge is -2.25. The molecule has 1 aromatic carbocycles. The highest BCUT2D eigenvalue weighted by molar-refractivity contribution is 5.96. The minimum atomic E-state index is -0.909. The van der Waals surface area contributed by atoms with E-state index in [4.69, 9.17) is 10.8 Å². The fourth-order valence-electron chi connectivity index (χ4n) is 1.97. The van der Waals surface area contributed by atoms with E-state index in [9.17, 15) is 14.4 Å². The Morgan fingerprint density at radius 3 is 2.41 bits per heavy atom. The summed E-state index contributed by atoms with van der Waals surface area (Å²) in [6.07, 6.45) is 0.287. The maximum Gasteiger partial charge on any atom is 0.319 e. The van der Waals surface area contributed by atoms with Gasteiger partial charge in [-0.2, -0.15) is 0 Å². The molecule has 0 heterocycles. The molecule has 3 amide bonds. The van der Waals surface area contributed by atoms with E-state index >= 15 is 0 Å². The summed E-state index contributed by atoms with van der Waals surface area (Å²) in [6, 6.07) is 4.32. The summed E-state index contributed by atoms with van der Waals surface area (Å²) in [5.41, 5.74) is 6.15. The molecule has 0 atom stereocenters. The van der Waals surface area contributed by atoms with Crippen molar-refractivity contribution in [2.24, 2.45) is 5.73 Å². The molecule has 0 saturated carbocycles. The number of nitrogens with one attached hydrogen (secondary N) is 2. The van der Waals surface area contributed by atoms with Crippen LogP contribution in [-0.2, 0) is 4.79 Å². The molecule has 7 heteroatoms. The quantitative estimate of drug-likeness (QED) is 0.640. The van der Waals surface area contributed by atoms with Gasteiger partial charge in [0.2, 0.25) is 5.91 Å². The van der Waals surface area contributed by atoms with Crippen LogP contribution in [0.1, 0.15) is 42.6 Å². The first-order valence-corrected chi connectivity index (χ1v) is 6.82. The van der Waals surface area contributed by atoms with E-state index in [1.807, 2.05) is 0 Å². The minimum absolute atomic E-state index is 0.0281. The Kier molecular flexibility index (Phi) is 5.50. The topological polar surface area (TPSA) is 122 Å². The van der Waals surface area contributed by atoms with Gasteiger partial charge in [-0.1, -0.05) is 0 Å². The van der Waals surface area contributed by atoms with Crippen LogP contribution in [0, 0.1) is 6.92 Å². The number of carboxylic acid groups (broad SMARTS) is 1. The number of carboxylic acids is 1. The van der Waals surface area contributed by atoms with Crippen LogP contribution in [-0.4, -0.2) is 28.6 Å². The Hall–Kier alpha value is -2.57. The van der Waals surface area contributed by atoms with Crippen LogP contribution in [0.15, 0.2) is 18.2 Å². The molecule has 0 bridgehead atoms. The molecular weight excluding hydrogens is 286 g/mol. The summed E-state index contributed by atoms with van der Waals surface area (Å²) in [5.74, 6) is -1.43. The fraction of sp³-hybridized carbons (Fsp3) is 0.400. The monoisotopic (exact) mass is 307 g/mol. The molecule has 22 heavy (non-hydrogen) atoms. The largest absolute Gasteiger partial charge is 0.481 e. The van der Waals surface area contributed by atoms with Gasteiger partial charge in [0.25, 0.3) is 0 Å². The van der Waals surface area contributed by atoms with E-state index in [1.165, 1.54) is 0 Å². The molecule has 0 aliphatic carbocycles. The van der Waals surface area contributed by atoms with Gasteiger partial charge in [-0.25, -0.2) is 4.79 Å².